The van der Waals surface area contributed by atoms with Gasteiger partial charge in [0.1, 0.15) is 11.5 Å². The summed E-state index contributed by atoms with van der Waals surface area (Å²) in [6.45, 7) is 2.56. The van der Waals surface area contributed by atoms with Crippen molar-refractivity contribution in [3.05, 3.63) is 60.1 Å². The number of hydrogen-bond acceptors (Lipinski definition) is 3. The molecule has 2 rings (SSSR count). The van der Waals surface area contributed by atoms with E-state index in [9.17, 15) is 4.79 Å². The van der Waals surface area contributed by atoms with E-state index >= 15 is 0 Å². The first kappa shape index (κ1) is 15.4. The molecule has 2 aromatic rings. The summed E-state index contributed by atoms with van der Waals surface area (Å²) < 4.78 is 5.36. The Bertz CT molecular complexity index is 590. The molecule has 0 atom stereocenters. The van der Waals surface area contributed by atoms with E-state index in [2.05, 4.69) is 17.4 Å². The molecule has 0 bridgehead atoms. The average molecular weight is 301 g/mol. The van der Waals surface area contributed by atoms with E-state index in [-0.39, 0.29) is 5.91 Å². The minimum absolute atomic E-state index is 0.0891. The number of benzene rings is 1. The summed E-state index contributed by atoms with van der Waals surface area (Å²) in [5.74, 6) is 2.44. The normalized spacial score (nSPS) is 10.9. The molecule has 0 radical (unpaired) electrons. The Balaban J connectivity index is 1.60. The fourth-order valence-electron chi connectivity index (χ4n) is 1.75. The lowest BCUT2D eigenvalue weighted by atomic mass is 10.3. The van der Waals surface area contributed by atoms with Gasteiger partial charge in [-0.1, -0.05) is 18.2 Å². The zero-order chi connectivity index (χ0) is 14.9. The number of aryl methyl sites for hydroxylation is 1. The van der Waals surface area contributed by atoms with Crippen LogP contribution in [0.25, 0.3) is 6.08 Å². The lowest BCUT2D eigenvalue weighted by Gasteiger charge is -2.02. The average Bonchev–Trinajstić information content (AvgIpc) is 2.91. The van der Waals surface area contributed by atoms with E-state index < -0.39 is 0 Å². The van der Waals surface area contributed by atoms with Gasteiger partial charge >= 0.3 is 0 Å². The number of carbonyl (C=O) groups is 1. The van der Waals surface area contributed by atoms with Gasteiger partial charge in [-0.3, -0.25) is 4.79 Å². The molecule has 0 saturated heterocycles. The molecule has 4 heteroatoms. The van der Waals surface area contributed by atoms with Crippen LogP contribution >= 0.6 is 11.8 Å². The second-order valence-electron chi connectivity index (χ2n) is 4.59. The summed E-state index contributed by atoms with van der Waals surface area (Å²) in [5, 5.41) is 2.87. The van der Waals surface area contributed by atoms with Crippen LogP contribution in [0.4, 0.5) is 0 Å². The van der Waals surface area contributed by atoms with Crippen molar-refractivity contribution >= 4 is 23.7 Å². The van der Waals surface area contributed by atoms with Gasteiger partial charge in [0.2, 0.25) is 5.91 Å². The fraction of sp³-hybridized carbons (Fsp3) is 0.235. The third-order valence-electron chi connectivity index (χ3n) is 2.79. The molecule has 0 aliphatic carbocycles. The molecule has 1 N–H and O–H groups in total. The van der Waals surface area contributed by atoms with Gasteiger partial charge in [-0.15, -0.1) is 11.8 Å². The Hall–Kier alpha value is -1.94. The van der Waals surface area contributed by atoms with Crippen molar-refractivity contribution in [2.45, 2.75) is 18.2 Å². The predicted octanol–water partition coefficient (Wildman–Crippen LogP) is 3.90. The first-order valence-electron chi connectivity index (χ1n) is 6.94. The van der Waals surface area contributed by atoms with Crippen LogP contribution in [-0.2, 0) is 4.79 Å². The van der Waals surface area contributed by atoms with Crippen molar-refractivity contribution < 1.29 is 9.21 Å². The highest BCUT2D eigenvalue weighted by molar-refractivity contribution is 7.99. The Labute approximate surface area is 129 Å². The van der Waals surface area contributed by atoms with E-state index in [1.807, 2.05) is 37.3 Å². The Kier molecular flexibility index (Phi) is 6.16. The smallest absolute Gasteiger partial charge is 0.244 e. The van der Waals surface area contributed by atoms with Crippen molar-refractivity contribution in [3.8, 4) is 0 Å². The van der Waals surface area contributed by atoms with Crippen LogP contribution in [0.1, 0.15) is 17.9 Å². The second kappa shape index (κ2) is 8.37. The van der Waals surface area contributed by atoms with Gasteiger partial charge in [-0.2, -0.15) is 0 Å². The van der Waals surface area contributed by atoms with E-state index in [1.54, 1.807) is 17.8 Å². The predicted molar refractivity (Wildman–Crippen MR) is 87.3 cm³/mol. The molecule has 1 aromatic heterocycles. The maximum absolute atomic E-state index is 11.6. The number of furan rings is 1. The summed E-state index contributed by atoms with van der Waals surface area (Å²) in [4.78, 5) is 12.9. The van der Waals surface area contributed by atoms with Gasteiger partial charge in [0, 0.05) is 17.5 Å². The monoisotopic (exact) mass is 301 g/mol. The summed E-state index contributed by atoms with van der Waals surface area (Å²) in [6.07, 6.45) is 4.13. The molecule has 1 amide bonds. The molecule has 0 spiro atoms. The van der Waals surface area contributed by atoms with Gasteiger partial charge < -0.3 is 9.73 Å². The molecule has 110 valence electrons. The van der Waals surface area contributed by atoms with Crippen LogP contribution in [0.15, 0.2) is 57.9 Å². The standard InChI is InChI=1S/C17H19NO2S/c1-14-8-9-15(20-14)10-11-17(19)18-12-5-13-21-16-6-3-2-4-7-16/h2-4,6-11H,5,12-13H2,1H3,(H,18,19). The number of carbonyl (C=O) groups excluding carboxylic acids is 1. The van der Waals surface area contributed by atoms with E-state index in [0.29, 0.717) is 12.3 Å². The number of rotatable bonds is 7. The van der Waals surface area contributed by atoms with Crippen molar-refractivity contribution in [2.24, 2.45) is 0 Å². The Morgan fingerprint density at radius 3 is 2.76 bits per heavy atom. The highest BCUT2D eigenvalue weighted by atomic mass is 32.2. The van der Waals surface area contributed by atoms with Crippen molar-refractivity contribution in [1.82, 2.24) is 5.32 Å². The van der Waals surface area contributed by atoms with Gasteiger partial charge in [0.15, 0.2) is 0 Å². The van der Waals surface area contributed by atoms with Crippen LogP contribution in [0.5, 0.6) is 0 Å². The highest BCUT2D eigenvalue weighted by Gasteiger charge is 1.98. The van der Waals surface area contributed by atoms with Crippen LogP contribution in [0.2, 0.25) is 0 Å². The van der Waals surface area contributed by atoms with Gasteiger partial charge in [0.25, 0.3) is 0 Å². The van der Waals surface area contributed by atoms with Gasteiger partial charge in [-0.05, 0) is 49.4 Å². The third-order valence-corrected chi connectivity index (χ3v) is 3.89. The molecular formula is C17H19NO2S. The third kappa shape index (κ3) is 5.92. The zero-order valence-corrected chi connectivity index (χ0v) is 12.9. The van der Waals surface area contributed by atoms with E-state index in [1.165, 1.54) is 11.0 Å². The maximum atomic E-state index is 11.6. The molecule has 0 unspecified atom stereocenters. The molecule has 0 saturated carbocycles. The number of nitrogens with one attached hydrogen (secondary N) is 1. The largest absolute Gasteiger partial charge is 0.462 e. The molecule has 21 heavy (non-hydrogen) atoms. The summed E-state index contributed by atoms with van der Waals surface area (Å²) in [7, 11) is 0. The Morgan fingerprint density at radius 1 is 1.24 bits per heavy atom. The zero-order valence-electron chi connectivity index (χ0n) is 12.0. The van der Waals surface area contributed by atoms with Crippen LogP contribution in [0.3, 0.4) is 0 Å². The Morgan fingerprint density at radius 2 is 2.05 bits per heavy atom. The molecule has 1 heterocycles. The molecular weight excluding hydrogens is 282 g/mol. The summed E-state index contributed by atoms with van der Waals surface area (Å²) in [5.41, 5.74) is 0. The van der Waals surface area contributed by atoms with Crippen LogP contribution in [0, 0.1) is 6.92 Å². The van der Waals surface area contributed by atoms with Crippen LogP contribution in [-0.4, -0.2) is 18.2 Å². The maximum Gasteiger partial charge on any atom is 0.244 e. The second-order valence-corrected chi connectivity index (χ2v) is 5.76. The number of hydrogen-bond donors (Lipinski definition) is 1. The molecule has 0 aliphatic rings. The highest BCUT2D eigenvalue weighted by Crippen LogP contribution is 2.17. The lowest BCUT2D eigenvalue weighted by Crippen LogP contribution is -2.22. The topological polar surface area (TPSA) is 42.2 Å². The summed E-state index contributed by atoms with van der Waals surface area (Å²) >= 11 is 1.80. The van der Waals surface area contributed by atoms with Gasteiger partial charge in [0.05, 0.1) is 0 Å². The summed E-state index contributed by atoms with van der Waals surface area (Å²) in [6, 6.07) is 14.0. The molecule has 0 aliphatic heterocycles. The van der Waals surface area contributed by atoms with Crippen molar-refractivity contribution in [2.75, 3.05) is 12.3 Å². The van der Waals surface area contributed by atoms with E-state index in [4.69, 9.17) is 4.42 Å². The van der Waals surface area contributed by atoms with E-state index in [0.717, 1.165) is 17.9 Å². The van der Waals surface area contributed by atoms with Crippen molar-refractivity contribution in [1.29, 1.82) is 0 Å². The molecule has 3 nitrogen and oxygen atoms in total. The SMILES string of the molecule is Cc1ccc(C=CC(=O)NCCCSc2ccccc2)o1. The fourth-order valence-corrected chi connectivity index (χ4v) is 2.62. The quantitative estimate of drug-likeness (QED) is 0.479. The number of amides is 1. The van der Waals surface area contributed by atoms with Gasteiger partial charge in [-0.25, -0.2) is 0 Å². The molecule has 0 fully saturated rings. The number of thioether (sulfide) groups is 1. The first-order valence-corrected chi connectivity index (χ1v) is 7.93. The molecule has 1 aromatic carbocycles. The minimum Gasteiger partial charge on any atom is -0.462 e. The first-order chi connectivity index (χ1) is 10.2. The van der Waals surface area contributed by atoms with Crippen molar-refractivity contribution in [3.63, 3.8) is 0 Å². The lowest BCUT2D eigenvalue weighted by molar-refractivity contribution is -0.116. The van der Waals surface area contributed by atoms with Crippen LogP contribution < -0.4 is 5.32 Å². The minimum atomic E-state index is -0.0891.